The van der Waals surface area contributed by atoms with Crippen molar-refractivity contribution < 1.29 is 18.7 Å². The summed E-state index contributed by atoms with van der Waals surface area (Å²) in [5.74, 6) is -1.20. The third kappa shape index (κ3) is 6.84. The Morgan fingerprint density at radius 1 is 1.32 bits per heavy atom. The van der Waals surface area contributed by atoms with Crippen LogP contribution in [0.1, 0.15) is 13.3 Å². The fourth-order valence-corrected chi connectivity index (χ4v) is 1.24. The van der Waals surface area contributed by atoms with Crippen molar-refractivity contribution in [3.05, 3.63) is 49.4 Å². The molecule has 0 saturated heterocycles. The van der Waals surface area contributed by atoms with E-state index < -0.39 is 17.7 Å². The SMILES string of the molecule is C=C/C(F)=C(\C=C)C(=O)COC(C=C)COCCC. The fourth-order valence-electron chi connectivity index (χ4n) is 1.24. The standard InChI is InChI=1S/C15H21FO3/c1-5-9-18-10-12(6-2)19-11-15(17)13(7-3)14(16)8-4/h6-8,12H,2-5,9-11H2,1H3/b14-13-. The number of halogens is 1. The van der Waals surface area contributed by atoms with Crippen molar-refractivity contribution in [2.24, 2.45) is 0 Å². The van der Waals surface area contributed by atoms with Crippen molar-refractivity contribution in [3.63, 3.8) is 0 Å². The van der Waals surface area contributed by atoms with E-state index in [-0.39, 0.29) is 12.2 Å². The zero-order valence-electron chi connectivity index (χ0n) is 11.4. The second-order valence-electron chi connectivity index (χ2n) is 3.75. The topological polar surface area (TPSA) is 35.5 Å². The first kappa shape index (κ1) is 17.5. The maximum Gasteiger partial charge on any atom is 0.191 e. The van der Waals surface area contributed by atoms with Gasteiger partial charge in [0.25, 0.3) is 0 Å². The van der Waals surface area contributed by atoms with E-state index in [1.807, 2.05) is 6.92 Å². The van der Waals surface area contributed by atoms with E-state index in [4.69, 9.17) is 9.47 Å². The number of allylic oxidation sites excluding steroid dienone is 3. The fraction of sp³-hybridized carbons (Fsp3) is 0.400. The molecule has 0 bridgehead atoms. The molecule has 1 unspecified atom stereocenters. The molecule has 0 aliphatic carbocycles. The van der Waals surface area contributed by atoms with Crippen LogP contribution >= 0.6 is 0 Å². The largest absolute Gasteiger partial charge is 0.378 e. The molecule has 0 aliphatic rings. The highest BCUT2D eigenvalue weighted by molar-refractivity contribution is 5.99. The average Bonchev–Trinajstić information content (AvgIpc) is 2.43. The quantitative estimate of drug-likeness (QED) is 0.250. The summed E-state index contributed by atoms with van der Waals surface area (Å²) < 4.78 is 23.9. The third-order valence-corrected chi connectivity index (χ3v) is 2.26. The predicted molar refractivity (Wildman–Crippen MR) is 74.6 cm³/mol. The van der Waals surface area contributed by atoms with Gasteiger partial charge in [-0.15, -0.1) is 6.58 Å². The third-order valence-electron chi connectivity index (χ3n) is 2.26. The van der Waals surface area contributed by atoms with E-state index in [0.29, 0.717) is 13.2 Å². The van der Waals surface area contributed by atoms with Crippen LogP contribution in [0.15, 0.2) is 49.4 Å². The maximum absolute atomic E-state index is 13.3. The minimum absolute atomic E-state index is 0.132. The highest BCUT2D eigenvalue weighted by Crippen LogP contribution is 2.10. The lowest BCUT2D eigenvalue weighted by Crippen LogP contribution is -2.22. The van der Waals surface area contributed by atoms with Gasteiger partial charge in [0.1, 0.15) is 12.4 Å². The lowest BCUT2D eigenvalue weighted by molar-refractivity contribution is -0.121. The summed E-state index contributed by atoms with van der Waals surface area (Å²) in [6.07, 6.45) is 4.16. The van der Waals surface area contributed by atoms with E-state index in [9.17, 15) is 9.18 Å². The van der Waals surface area contributed by atoms with E-state index >= 15 is 0 Å². The van der Waals surface area contributed by atoms with Gasteiger partial charge in [0.05, 0.1) is 18.3 Å². The Labute approximate surface area is 114 Å². The number of carbonyl (C=O) groups excluding carboxylic acids is 1. The predicted octanol–water partition coefficient (Wildman–Crippen LogP) is 3.15. The second-order valence-corrected chi connectivity index (χ2v) is 3.75. The van der Waals surface area contributed by atoms with Gasteiger partial charge in [-0.1, -0.05) is 32.2 Å². The van der Waals surface area contributed by atoms with Gasteiger partial charge in [-0.05, 0) is 12.5 Å². The van der Waals surface area contributed by atoms with Gasteiger partial charge < -0.3 is 9.47 Å². The monoisotopic (exact) mass is 268 g/mol. The molecule has 0 saturated carbocycles. The molecule has 0 aromatic rings. The zero-order valence-corrected chi connectivity index (χ0v) is 11.4. The van der Waals surface area contributed by atoms with Crippen LogP contribution in [0.2, 0.25) is 0 Å². The summed E-state index contributed by atoms with van der Waals surface area (Å²) in [6.45, 7) is 12.9. The molecule has 0 aromatic heterocycles. The molecule has 0 aromatic carbocycles. The highest BCUT2D eigenvalue weighted by atomic mass is 19.1. The van der Waals surface area contributed by atoms with Crippen molar-refractivity contribution in [1.82, 2.24) is 0 Å². The Balaban J connectivity index is 4.36. The van der Waals surface area contributed by atoms with E-state index in [1.54, 1.807) is 6.08 Å². The van der Waals surface area contributed by atoms with Crippen LogP contribution < -0.4 is 0 Å². The molecule has 0 aliphatic heterocycles. The smallest absolute Gasteiger partial charge is 0.191 e. The normalized spacial score (nSPS) is 13.4. The maximum atomic E-state index is 13.3. The van der Waals surface area contributed by atoms with Crippen molar-refractivity contribution >= 4 is 5.78 Å². The molecular weight excluding hydrogens is 247 g/mol. The Kier molecular flexibility index (Phi) is 9.57. The molecule has 4 heteroatoms. The molecule has 0 heterocycles. The van der Waals surface area contributed by atoms with Crippen LogP contribution in [0, 0.1) is 0 Å². The van der Waals surface area contributed by atoms with Crippen LogP contribution in [0.3, 0.4) is 0 Å². The Morgan fingerprint density at radius 3 is 2.47 bits per heavy atom. The van der Waals surface area contributed by atoms with Crippen LogP contribution in [0.5, 0.6) is 0 Å². The van der Waals surface area contributed by atoms with Gasteiger partial charge in [0, 0.05) is 6.61 Å². The van der Waals surface area contributed by atoms with Gasteiger partial charge >= 0.3 is 0 Å². The van der Waals surface area contributed by atoms with E-state index in [2.05, 4.69) is 19.7 Å². The van der Waals surface area contributed by atoms with Gasteiger partial charge in [-0.3, -0.25) is 4.79 Å². The van der Waals surface area contributed by atoms with E-state index in [0.717, 1.165) is 18.6 Å². The first-order valence-corrected chi connectivity index (χ1v) is 6.10. The lowest BCUT2D eigenvalue weighted by atomic mass is 10.1. The summed E-state index contributed by atoms with van der Waals surface area (Å²) >= 11 is 0. The summed E-state index contributed by atoms with van der Waals surface area (Å²) in [4.78, 5) is 11.7. The number of hydrogen-bond donors (Lipinski definition) is 0. The van der Waals surface area contributed by atoms with Crippen LogP contribution in [0.25, 0.3) is 0 Å². The first-order chi connectivity index (χ1) is 9.10. The van der Waals surface area contributed by atoms with Gasteiger partial charge in [-0.25, -0.2) is 4.39 Å². The molecule has 0 radical (unpaired) electrons. The van der Waals surface area contributed by atoms with Crippen molar-refractivity contribution in [2.75, 3.05) is 19.8 Å². The van der Waals surface area contributed by atoms with Crippen molar-refractivity contribution in [3.8, 4) is 0 Å². The summed E-state index contributed by atoms with van der Waals surface area (Å²) in [7, 11) is 0. The molecule has 19 heavy (non-hydrogen) atoms. The molecular formula is C15H21FO3. The second kappa shape index (κ2) is 10.4. The number of ether oxygens (including phenoxy) is 2. The van der Waals surface area contributed by atoms with Crippen LogP contribution in [-0.4, -0.2) is 31.7 Å². The molecule has 0 fully saturated rings. The zero-order chi connectivity index (χ0) is 14.7. The summed E-state index contributed by atoms with van der Waals surface area (Å²) in [5.41, 5.74) is -0.132. The lowest BCUT2D eigenvalue weighted by Gasteiger charge is -2.13. The summed E-state index contributed by atoms with van der Waals surface area (Å²) in [5, 5.41) is 0. The van der Waals surface area contributed by atoms with Crippen LogP contribution in [0.4, 0.5) is 4.39 Å². The number of rotatable bonds is 11. The Bertz CT molecular complexity index is 358. The number of hydrogen-bond acceptors (Lipinski definition) is 3. The molecule has 0 amide bonds. The van der Waals surface area contributed by atoms with Crippen molar-refractivity contribution in [1.29, 1.82) is 0 Å². The highest BCUT2D eigenvalue weighted by Gasteiger charge is 2.13. The van der Waals surface area contributed by atoms with Crippen molar-refractivity contribution in [2.45, 2.75) is 19.4 Å². The molecule has 0 N–H and O–H groups in total. The molecule has 0 rings (SSSR count). The minimum Gasteiger partial charge on any atom is -0.378 e. The molecule has 3 nitrogen and oxygen atoms in total. The number of carbonyl (C=O) groups is 1. The number of Topliss-reactive ketones (excluding diaryl/α,β-unsaturated/α-hetero) is 1. The van der Waals surface area contributed by atoms with Gasteiger partial charge in [-0.2, -0.15) is 0 Å². The van der Waals surface area contributed by atoms with Gasteiger partial charge in [0.15, 0.2) is 5.78 Å². The van der Waals surface area contributed by atoms with Gasteiger partial charge in [0.2, 0.25) is 0 Å². The minimum atomic E-state index is -0.707. The molecule has 0 spiro atoms. The first-order valence-electron chi connectivity index (χ1n) is 6.10. The summed E-state index contributed by atoms with van der Waals surface area (Å²) in [6, 6.07) is 0. The Hall–Kier alpha value is -1.52. The van der Waals surface area contributed by atoms with Crippen LogP contribution in [-0.2, 0) is 14.3 Å². The Morgan fingerprint density at radius 2 is 2.00 bits per heavy atom. The number of ketones is 1. The average molecular weight is 268 g/mol. The molecule has 106 valence electrons. The van der Waals surface area contributed by atoms with E-state index in [1.165, 1.54) is 0 Å². The molecule has 1 atom stereocenters.